The topological polar surface area (TPSA) is 134 Å². The number of sulfonamides is 1. The fourth-order valence-corrected chi connectivity index (χ4v) is 1.74. The van der Waals surface area contributed by atoms with E-state index < -0.39 is 21.3 Å². The van der Waals surface area contributed by atoms with Crippen molar-refractivity contribution in [2.24, 2.45) is 16.3 Å². The maximum absolute atomic E-state index is 11.9. The molecule has 0 fully saturated rings. The minimum Gasteiger partial charge on any atom is -0.409 e. The van der Waals surface area contributed by atoms with E-state index in [1.807, 2.05) is 0 Å². The number of nitrogens with two attached hydrogens (primary N) is 1. The molecular formula is C9H20N4O4S. The summed E-state index contributed by atoms with van der Waals surface area (Å²) >= 11 is 0. The lowest BCUT2D eigenvalue weighted by molar-refractivity contribution is -0.127. The quantitative estimate of drug-likeness (QED) is 0.201. The van der Waals surface area contributed by atoms with Gasteiger partial charge < -0.3 is 16.3 Å². The Balaban J connectivity index is 4.58. The average Bonchev–Trinajstić information content (AvgIpc) is 2.36. The normalized spacial score (nSPS) is 16.1. The van der Waals surface area contributed by atoms with Gasteiger partial charge in [0.05, 0.1) is 5.75 Å². The molecule has 106 valence electrons. The van der Waals surface area contributed by atoms with Gasteiger partial charge in [-0.1, -0.05) is 12.1 Å². The Morgan fingerprint density at radius 2 is 2.06 bits per heavy atom. The average molecular weight is 280 g/mol. The van der Waals surface area contributed by atoms with Crippen molar-refractivity contribution in [1.29, 1.82) is 0 Å². The molecule has 0 aliphatic heterocycles. The van der Waals surface area contributed by atoms with Gasteiger partial charge in [-0.05, 0) is 20.4 Å². The molecule has 0 aromatic rings. The molecule has 0 saturated carbocycles. The molecule has 0 spiro atoms. The number of amidine groups is 1. The number of rotatable bonds is 7. The third-order valence-electron chi connectivity index (χ3n) is 2.85. The number of nitrogens with zero attached hydrogens (tertiary/aromatic N) is 1. The number of carbonyl (C=O) groups is 1. The first-order valence-corrected chi connectivity index (χ1v) is 7.06. The predicted octanol–water partition coefficient (Wildman–Crippen LogP) is -1.19. The van der Waals surface area contributed by atoms with Crippen LogP contribution in [0.1, 0.15) is 20.3 Å². The Morgan fingerprint density at radius 3 is 2.44 bits per heavy atom. The Morgan fingerprint density at radius 1 is 1.50 bits per heavy atom. The van der Waals surface area contributed by atoms with Crippen LogP contribution in [0.3, 0.4) is 0 Å². The zero-order valence-corrected chi connectivity index (χ0v) is 11.5. The highest BCUT2D eigenvalue weighted by molar-refractivity contribution is 7.89. The van der Waals surface area contributed by atoms with E-state index in [1.54, 1.807) is 6.92 Å². The van der Waals surface area contributed by atoms with Crippen LogP contribution in [0.2, 0.25) is 0 Å². The van der Waals surface area contributed by atoms with Crippen LogP contribution in [0.25, 0.3) is 0 Å². The summed E-state index contributed by atoms with van der Waals surface area (Å²) in [6, 6.07) is 0. The standard InChI is InChI=1S/C9H20N4O4S/c1-4-9(2,7(10)13-15)8(14)12-5-6-18(16,17)11-3/h11,15H,4-6H2,1-3H3,(H2,10,13)(H,12,14). The van der Waals surface area contributed by atoms with Gasteiger partial charge in [-0.15, -0.1) is 0 Å². The van der Waals surface area contributed by atoms with Crippen LogP contribution in [-0.4, -0.2) is 44.7 Å². The molecule has 0 radical (unpaired) electrons. The van der Waals surface area contributed by atoms with Gasteiger partial charge in [-0.3, -0.25) is 4.79 Å². The molecule has 0 aromatic carbocycles. The van der Waals surface area contributed by atoms with Gasteiger partial charge in [0.2, 0.25) is 15.9 Å². The summed E-state index contributed by atoms with van der Waals surface area (Å²) in [5.41, 5.74) is 4.30. The van der Waals surface area contributed by atoms with Crippen molar-refractivity contribution in [1.82, 2.24) is 10.0 Å². The van der Waals surface area contributed by atoms with E-state index in [-0.39, 0.29) is 18.1 Å². The Kier molecular flexibility index (Phi) is 6.06. The van der Waals surface area contributed by atoms with Crippen molar-refractivity contribution >= 4 is 21.8 Å². The van der Waals surface area contributed by atoms with Gasteiger partial charge in [0.25, 0.3) is 0 Å². The monoisotopic (exact) mass is 280 g/mol. The molecular weight excluding hydrogens is 260 g/mol. The van der Waals surface area contributed by atoms with Crippen LogP contribution in [0.4, 0.5) is 0 Å². The van der Waals surface area contributed by atoms with E-state index in [0.717, 1.165) is 0 Å². The van der Waals surface area contributed by atoms with Crippen molar-refractivity contribution < 1.29 is 18.4 Å². The molecule has 18 heavy (non-hydrogen) atoms. The molecule has 0 bridgehead atoms. The van der Waals surface area contributed by atoms with E-state index in [0.29, 0.717) is 6.42 Å². The smallest absolute Gasteiger partial charge is 0.233 e. The van der Waals surface area contributed by atoms with Crippen molar-refractivity contribution in [2.75, 3.05) is 19.3 Å². The first kappa shape index (κ1) is 16.6. The number of carbonyl (C=O) groups excluding carboxylic acids is 1. The van der Waals surface area contributed by atoms with E-state index in [9.17, 15) is 13.2 Å². The summed E-state index contributed by atoms with van der Waals surface area (Å²) in [4.78, 5) is 11.9. The van der Waals surface area contributed by atoms with Gasteiger partial charge in [0.15, 0.2) is 5.84 Å². The van der Waals surface area contributed by atoms with Crippen molar-refractivity contribution in [3.05, 3.63) is 0 Å². The fraction of sp³-hybridized carbons (Fsp3) is 0.778. The number of hydrogen-bond donors (Lipinski definition) is 4. The number of amides is 1. The minimum atomic E-state index is -3.37. The fourth-order valence-electron chi connectivity index (χ4n) is 1.16. The highest BCUT2D eigenvalue weighted by Crippen LogP contribution is 2.21. The second kappa shape index (κ2) is 6.55. The molecule has 0 saturated heterocycles. The summed E-state index contributed by atoms with van der Waals surface area (Å²) in [5.74, 6) is -0.920. The van der Waals surface area contributed by atoms with Crippen LogP contribution >= 0.6 is 0 Å². The zero-order valence-electron chi connectivity index (χ0n) is 10.7. The summed E-state index contributed by atoms with van der Waals surface area (Å²) in [7, 11) is -2.07. The summed E-state index contributed by atoms with van der Waals surface area (Å²) in [6.45, 7) is 3.18. The van der Waals surface area contributed by atoms with Crippen LogP contribution in [0, 0.1) is 5.41 Å². The molecule has 5 N–H and O–H groups in total. The predicted molar refractivity (Wildman–Crippen MR) is 67.7 cm³/mol. The Labute approximate surface area is 107 Å². The number of hydrogen-bond acceptors (Lipinski definition) is 5. The Bertz CT molecular complexity index is 420. The lowest BCUT2D eigenvalue weighted by Crippen LogP contribution is -2.48. The zero-order chi connectivity index (χ0) is 14.4. The van der Waals surface area contributed by atoms with E-state index >= 15 is 0 Å². The van der Waals surface area contributed by atoms with Gasteiger partial charge in [-0.25, -0.2) is 13.1 Å². The summed E-state index contributed by atoms with van der Waals surface area (Å²) in [6.07, 6.45) is 0.327. The summed E-state index contributed by atoms with van der Waals surface area (Å²) in [5, 5.41) is 13.9. The SMILES string of the molecule is CCC(C)(C(=O)NCCS(=O)(=O)NC)C(N)=NO. The molecule has 0 aromatic heterocycles. The lowest BCUT2D eigenvalue weighted by atomic mass is 9.85. The number of oxime groups is 1. The third kappa shape index (κ3) is 4.15. The number of nitrogens with one attached hydrogen (secondary N) is 2. The van der Waals surface area contributed by atoms with E-state index in [2.05, 4.69) is 15.2 Å². The van der Waals surface area contributed by atoms with Crippen molar-refractivity contribution in [3.63, 3.8) is 0 Å². The first-order chi connectivity index (χ1) is 8.23. The second-order valence-corrected chi connectivity index (χ2v) is 6.00. The summed E-state index contributed by atoms with van der Waals surface area (Å²) < 4.78 is 24.4. The van der Waals surface area contributed by atoms with Gasteiger partial charge in [0.1, 0.15) is 5.41 Å². The van der Waals surface area contributed by atoms with Crippen LogP contribution in [0.5, 0.6) is 0 Å². The highest BCUT2D eigenvalue weighted by atomic mass is 32.2. The largest absolute Gasteiger partial charge is 0.409 e. The minimum absolute atomic E-state index is 0.0453. The second-order valence-electron chi connectivity index (χ2n) is 3.95. The molecule has 0 aliphatic rings. The van der Waals surface area contributed by atoms with Gasteiger partial charge in [-0.2, -0.15) is 0 Å². The van der Waals surface area contributed by atoms with Crippen LogP contribution < -0.4 is 15.8 Å². The van der Waals surface area contributed by atoms with E-state index in [1.165, 1.54) is 14.0 Å². The van der Waals surface area contributed by atoms with E-state index in [4.69, 9.17) is 10.9 Å². The third-order valence-corrected chi connectivity index (χ3v) is 4.21. The van der Waals surface area contributed by atoms with Gasteiger partial charge in [0, 0.05) is 6.54 Å². The highest BCUT2D eigenvalue weighted by Gasteiger charge is 2.36. The molecule has 0 rings (SSSR count). The van der Waals surface area contributed by atoms with Crippen LogP contribution in [-0.2, 0) is 14.8 Å². The molecule has 1 unspecified atom stereocenters. The molecule has 0 heterocycles. The molecule has 0 aliphatic carbocycles. The van der Waals surface area contributed by atoms with Crippen molar-refractivity contribution in [3.8, 4) is 0 Å². The van der Waals surface area contributed by atoms with Gasteiger partial charge >= 0.3 is 0 Å². The first-order valence-electron chi connectivity index (χ1n) is 5.41. The molecule has 8 nitrogen and oxygen atoms in total. The molecule has 1 atom stereocenters. The van der Waals surface area contributed by atoms with Crippen LogP contribution in [0.15, 0.2) is 5.16 Å². The maximum Gasteiger partial charge on any atom is 0.233 e. The lowest BCUT2D eigenvalue weighted by Gasteiger charge is -2.25. The maximum atomic E-state index is 11.9. The van der Waals surface area contributed by atoms with Crippen molar-refractivity contribution in [2.45, 2.75) is 20.3 Å². The Hall–Kier alpha value is -1.35. The molecule has 9 heteroatoms. The molecule has 1 amide bonds.